The first-order valence-electron chi connectivity index (χ1n) is 7.65. The van der Waals surface area contributed by atoms with Gasteiger partial charge >= 0.3 is 6.03 Å². The summed E-state index contributed by atoms with van der Waals surface area (Å²) in [5, 5.41) is 7.77. The van der Waals surface area contributed by atoms with Gasteiger partial charge in [0.25, 0.3) is 0 Å². The number of nitrogens with one attached hydrogen (secondary N) is 2. The summed E-state index contributed by atoms with van der Waals surface area (Å²) in [4.78, 5) is 26.8. The molecule has 1 aromatic heterocycles. The van der Waals surface area contributed by atoms with Gasteiger partial charge in [0.2, 0.25) is 5.91 Å². The van der Waals surface area contributed by atoms with Gasteiger partial charge in [-0.1, -0.05) is 24.3 Å². The molecule has 3 amide bonds. The third-order valence-electron chi connectivity index (χ3n) is 3.78. The molecule has 5 nitrogen and oxygen atoms in total. The van der Waals surface area contributed by atoms with Crippen LogP contribution in [0.4, 0.5) is 10.5 Å². The van der Waals surface area contributed by atoms with Gasteiger partial charge < -0.3 is 15.5 Å². The van der Waals surface area contributed by atoms with Gasteiger partial charge in [0.05, 0.1) is 0 Å². The third kappa shape index (κ3) is 4.10. The Morgan fingerprint density at radius 3 is 2.87 bits per heavy atom. The first-order valence-corrected chi connectivity index (χ1v) is 8.53. The Bertz CT molecular complexity index is 685. The highest BCUT2D eigenvalue weighted by Crippen LogP contribution is 2.19. The van der Waals surface area contributed by atoms with E-state index in [9.17, 15) is 9.59 Å². The van der Waals surface area contributed by atoms with Gasteiger partial charge in [-0.05, 0) is 29.5 Å². The molecule has 1 saturated heterocycles. The van der Waals surface area contributed by atoms with Crippen LogP contribution in [0.25, 0.3) is 0 Å². The van der Waals surface area contributed by atoms with E-state index in [1.54, 1.807) is 16.2 Å². The highest BCUT2D eigenvalue weighted by atomic mass is 32.1. The molecule has 23 heavy (non-hydrogen) atoms. The molecule has 0 atom stereocenters. The number of urea groups is 1. The maximum Gasteiger partial charge on any atom is 0.317 e. The summed E-state index contributed by atoms with van der Waals surface area (Å²) in [7, 11) is 0. The Labute approximate surface area is 139 Å². The van der Waals surface area contributed by atoms with Crippen LogP contribution in [0.2, 0.25) is 0 Å². The second kappa shape index (κ2) is 7.28. The first-order chi connectivity index (χ1) is 11.2. The molecule has 6 heteroatoms. The zero-order valence-electron chi connectivity index (χ0n) is 12.7. The fraction of sp³-hybridized carbons (Fsp3) is 0.294. The number of benzene rings is 1. The van der Waals surface area contributed by atoms with Gasteiger partial charge in [0.15, 0.2) is 0 Å². The molecule has 1 fully saturated rings. The van der Waals surface area contributed by atoms with E-state index in [4.69, 9.17) is 0 Å². The number of rotatable bonds is 6. The average molecular weight is 329 g/mol. The number of hydrogen-bond donors (Lipinski definition) is 2. The van der Waals surface area contributed by atoms with Crippen LogP contribution < -0.4 is 10.6 Å². The smallest absolute Gasteiger partial charge is 0.317 e. The van der Waals surface area contributed by atoms with Crippen LogP contribution in [0.5, 0.6) is 0 Å². The molecule has 2 aromatic rings. The lowest BCUT2D eigenvalue weighted by Crippen LogP contribution is -2.28. The summed E-state index contributed by atoms with van der Waals surface area (Å²) in [6.07, 6.45) is 1.21. The van der Waals surface area contributed by atoms with Crippen molar-refractivity contribution in [1.82, 2.24) is 10.2 Å². The van der Waals surface area contributed by atoms with E-state index in [1.807, 2.05) is 41.8 Å². The minimum Gasteiger partial charge on any atom is -0.336 e. The second-order valence-electron chi connectivity index (χ2n) is 5.44. The molecule has 2 heterocycles. The fourth-order valence-corrected chi connectivity index (χ4v) is 3.26. The van der Waals surface area contributed by atoms with Crippen molar-refractivity contribution in [3.05, 3.63) is 52.2 Å². The lowest BCUT2D eigenvalue weighted by atomic mass is 10.1. The van der Waals surface area contributed by atoms with Crippen molar-refractivity contribution in [2.75, 3.05) is 18.4 Å². The van der Waals surface area contributed by atoms with E-state index in [0.717, 1.165) is 17.7 Å². The molecule has 120 valence electrons. The Morgan fingerprint density at radius 1 is 1.26 bits per heavy atom. The van der Waals surface area contributed by atoms with Crippen LogP contribution >= 0.6 is 11.3 Å². The summed E-state index contributed by atoms with van der Waals surface area (Å²) >= 11 is 1.66. The van der Waals surface area contributed by atoms with Crippen molar-refractivity contribution in [3.63, 3.8) is 0 Å². The maximum atomic E-state index is 12.2. The standard InChI is InChI=1S/C17H19N3O2S/c21-16(8-7-14-5-3-11-23-14)19-15-6-2-1-4-13(15)12-20-10-9-18-17(20)22/h1-6,11H,7-10,12H2,(H,18,22)(H,19,21). The van der Waals surface area contributed by atoms with Crippen LogP contribution in [0, 0.1) is 0 Å². The normalized spacial score (nSPS) is 13.9. The lowest BCUT2D eigenvalue weighted by Gasteiger charge is -2.17. The Balaban J connectivity index is 1.60. The van der Waals surface area contributed by atoms with Crippen LogP contribution in [0.15, 0.2) is 41.8 Å². The number of para-hydroxylation sites is 1. The van der Waals surface area contributed by atoms with Gasteiger partial charge in [0.1, 0.15) is 0 Å². The molecular weight excluding hydrogens is 310 g/mol. The molecule has 1 aliphatic rings. The molecule has 0 unspecified atom stereocenters. The highest BCUT2D eigenvalue weighted by molar-refractivity contribution is 7.09. The molecular formula is C17H19N3O2S. The average Bonchev–Trinajstić information content (AvgIpc) is 3.20. The lowest BCUT2D eigenvalue weighted by molar-refractivity contribution is -0.116. The number of carbonyl (C=O) groups is 2. The fourth-order valence-electron chi connectivity index (χ4n) is 2.55. The Hall–Kier alpha value is -2.34. The minimum atomic E-state index is -0.0520. The summed E-state index contributed by atoms with van der Waals surface area (Å²) in [6.45, 7) is 1.88. The van der Waals surface area contributed by atoms with Gasteiger partial charge in [-0.25, -0.2) is 4.79 Å². The highest BCUT2D eigenvalue weighted by Gasteiger charge is 2.20. The van der Waals surface area contributed by atoms with Gasteiger partial charge in [0, 0.05) is 36.6 Å². The summed E-state index contributed by atoms with van der Waals surface area (Å²) in [5.74, 6) is -0.00303. The number of thiophene rings is 1. The third-order valence-corrected chi connectivity index (χ3v) is 4.71. The minimum absolute atomic E-state index is 0.00303. The zero-order valence-corrected chi connectivity index (χ0v) is 13.6. The molecule has 3 rings (SSSR count). The zero-order chi connectivity index (χ0) is 16.1. The van der Waals surface area contributed by atoms with Crippen LogP contribution in [-0.2, 0) is 17.8 Å². The van der Waals surface area contributed by atoms with Crippen molar-refractivity contribution < 1.29 is 9.59 Å². The summed E-state index contributed by atoms with van der Waals surface area (Å²) in [6, 6.07) is 11.6. The van der Waals surface area contributed by atoms with E-state index >= 15 is 0 Å². The number of hydrogen-bond acceptors (Lipinski definition) is 3. The van der Waals surface area contributed by atoms with Gasteiger partial charge in [-0.15, -0.1) is 11.3 Å². The predicted octanol–water partition coefficient (Wildman–Crippen LogP) is 2.84. The van der Waals surface area contributed by atoms with E-state index in [-0.39, 0.29) is 11.9 Å². The number of carbonyl (C=O) groups excluding carboxylic acids is 2. The first kappa shape index (κ1) is 15.6. The SMILES string of the molecule is O=C(CCc1cccs1)Nc1ccccc1CN1CCNC1=O. The van der Waals surface area contributed by atoms with Crippen molar-refractivity contribution in [1.29, 1.82) is 0 Å². The van der Waals surface area contributed by atoms with E-state index in [2.05, 4.69) is 10.6 Å². The molecule has 0 bridgehead atoms. The summed E-state index contributed by atoms with van der Waals surface area (Å²) < 4.78 is 0. The van der Waals surface area contributed by atoms with E-state index in [1.165, 1.54) is 4.88 Å². The number of amides is 3. The molecule has 2 N–H and O–H groups in total. The van der Waals surface area contributed by atoms with Crippen LogP contribution in [-0.4, -0.2) is 29.9 Å². The van der Waals surface area contributed by atoms with Gasteiger partial charge in [-0.2, -0.15) is 0 Å². The molecule has 1 aliphatic heterocycles. The van der Waals surface area contributed by atoms with Crippen molar-refractivity contribution in [2.24, 2.45) is 0 Å². The largest absolute Gasteiger partial charge is 0.336 e. The van der Waals surface area contributed by atoms with Crippen molar-refractivity contribution >= 4 is 29.0 Å². The Morgan fingerprint density at radius 2 is 2.13 bits per heavy atom. The second-order valence-corrected chi connectivity index (χ2v) is 6.47. The predicted molar refractivity (Wildman–Crippen MR) is 91.5 cm³/mol. The van der Waals surface area contributed by atoms with Gasteiger partial charge in [-0.3, -0.25) is 4.79 Å². The van der Waals surface area contributed by atoms with Crippen molar-refractivity contribution in [2.45, 2.75) is 19.4 Å². The van der Waals surface area contributed by atoms with Crippen LogP contribution in [0.1, 0.15) is 16.9 Å². The van der Waals surface area contributed by atoms with Crippen LogP contribution in [0.3, 0.4) is 0 Å². The Kier molecular flexibility index (Phi) is 4.92. The topological polar surface area (TPSA) is 61.4 Å². The molecule has 0 radical (unpaired) electrons. The monoisotopic (exact) mass is 329 g/mol. The molecule has 0 aliphatic carbocycles. The number of anilines is 1. The van der Waals surface area contributed by atoms with Crippen molar-refractivity contribution in [3.8, 4) is 0 Å². The molecule has 1 aromatic carbocycles. The number of nitrogens with zero attached hydrogens (tertiary/aromatic N) is 1. The van der Waals surface area contributed by atoms with E-state index in [0.29, 0.717) is 26.1 Å². The molecule has 0 saturated carbocycles. The summed E-state index contributed by atoms with van der Waals surface area (Å²) in [5.41, 5.74) is 1.73. The maximum absolute atomic E-state index is 12.2. The van der Waals surface area contributed by atoms with E-state index < -0.39 is 0 Å². The molecule has 0 spiro atoms. The quantitative estimate of drug-likeness (QED) is 0.856. The number of aryl methyl sites for hydroxylation is 1.